The van der Waals surface area contributed by atoms with Gasteiger partial charge in [-0.1, -0.05) is 67.1 Å². The molecule has 1 heterocycles. The van der Waals surface area contributed by atoms with Crippen LogP contribution in [0.25, 0.3) is 11.1 Å². The number of nitrogens with zero attached hydrogens (tertiary/aromatic N) is 2. The molecule has 2 N–H and O–H groups in total. The molecule has 0 unspecified atom stereocenters. The van der Waals surface area contributed by atoms with Crippen LogP contribution in [0.15, 0.2) is 79.1 Å². The van der Waals surface area contributed by atoms with Crippen molar-refractivity contribution in [1.82, 2.24) is 10.3 Å². The van der Waals surface area contributed by atoms with Gasteiger partial charge in [-0.2, -0.15) is 5.26 Å². The Morgan fingerprint density at radius 3 is 2.75 bits per heavy atom. The molecule has 1 aliphatic carbocycles. The summed E-state index contributed by atoms with van der Waals surface area (Å²) in [6.07, 6.45) is 5.11. The highest BCUT2D eigenvalue weighted by molar-refractivity contribution is 6.32. The molecular weight excluding hydrogens is 522 g/mol. The maximum absolute atomic E-state index is 9.96. The van der Waals surface area contributed by atoms with Gasteiger partial charge in [-0.05, 0) is 53.6 Å². The number of aliphatic hydroxyl groups excluding tert-OH is 1. The number of halogens is 1. The Kier molecular flexibility index (Phi) is 8.98. The molecule has 6 nitrogen and oxygen atoms in total. The Morgan fingerprint density at radius 1 is 1.10 bits per heavy atom. The van der Waals surface area contributed by atoms with Gasteiger partial charge in [-0.15, -0.1) is 0 Å². The van der Waals surface area contributed by atoms with Crippen molar-refractivity contribution in [3.05, 3.63) is 112 Å². The van der Waals surface area contributed by atoms with Gasteiger partial charge < -0.3 is 19.9 Å². The number of rotatable bonds is 11. The maximum Gasteiger partial charge on any atom is 0.142 e. The van der Waals surface area contributed by atoms with Crippen molar-refractivity contribution in [3.63, 3.8) is 0 Å². The van der Waals surface area contributed by atoms with Gasteiger partial charge in [0.2, 0.25) is 0 Å². The normalized spacial score (nSPS) is 14.8. The minimum absolute atomic E-state index is 0.121. The maximum atomic E-state index is 9.96. The van der Waals surface area contributed by atoms with E-state index in [9.17, 15) is 10.4 Å². The van der Waals surface area contributed by atoms with Gasteiger partial charge in [-0.25, -0.2) is 0 Å². The molecule has 2 atom stereocenters. The van der Waals surface area contributed by atoms with Gasteiger partial charge in [-0.3, -0.25) is 4.98 Å². The zero-order valence-electron chi connectivity index (χ0n) is 22.4. The van der Waals surface area contributed by atoms with Crippen molar-refractivity contribution in [2.24, 2.45) is 0 Å². The van der Waals surface area contributed by atoms with E-state index in [1.54, 1.807) is 12.3 Å². The summed E-state index contributed by atoms with van der Waals surface area (Å²) in [7, 11) is 0. The summed E-state index contributed by atoms with van der Waals surface area (Å²) in [6, 6.07) is 24.4. The monoisotopic (exact) mass is 553 g/mol. The van der Waals surface area contributed by atoms with Crippen LogP contribution in [-0.2, 0) is 19.6 Å². The zero-order chi connectivity index (χ0) is 27.9. The first kappa shape index (κ1) is 27.7. The number of ether oxygens (including phenoxy) is 2. The molecule has 0 amide bonds. The predicted octanol–water partition coefficient (Wildman–Crippen LogP) is 6.78. The largest absolute Gasteiger partial charge is 0.488 e. The van der Waals surface area contributed by atoms with E-state index in [2.05, 4.69) is 58.8 Å². The molecule has 1 aliphatic rings. The molecule has 0 saturated heterocycles. The second kappa shape index (κ2) is 13.0. The average molecular weight is 554 g/mol. The predicted molar refractivity (Wildman–Crippen MR) is 156 cm³/mol. The van der Waals surface area contributed by atoms with Crippen molar-refractivity contribution in [2.75, 3.05) is 6.54 Å². The fourth-order valence-electron chi connectivity index (χ4n) is 5.03. The van der Waals surface area contributed by atoms with Gasteiger partial charge in [0.05, 0.1) is 16.7 Å². The number of pyridine rings is 1. The molecule has 1 aromatic heterocycles. The van der Waals surface area contributed by atoms with E-state index in [-0.39, 0.29) is 12.7 Å². The summed E-state index contributed by atoms with van der Waals surface area (Å²) in [5.74, 6) is 1.18. The quantitative estimate of drug-likeness (QED) is 0.213. The number of hydrogen-bond acceptors (Lipinski definition) is 6. The van der Waals surface area contributed by atoms with Gasteiger partial charge in [0.25, 0.3) is 0 Å². The summed E-state index contributed by atoms with van der Waals surface area (Å²) in [6.45, 7) is 3.11. The molecule has 0 spiro atoms. The lowest BCUT2D eigenvalue weighted by atomic mass is 9.97. The Labute approximate surface area is 240 Å². The van der Waals surface area contributed by atoms with Crippen LogP contribution in [0.2, 0.25) is 5.02 Å². The van der Waals surface area contributed by atoms with E-state index in [4.69, 9.17) is 21.1 Å². The molecule has 0 aliphatic heterocycles. The molecule has 7 heteroatoms. The minimum Gasteiger partial charge on any atom is -0.488 e. The van der Waals surface area contributed by atoms with Crippen LogP contribution in [-0.4, -0.2) is 22.7 Å². The SMILES string of the molecule is CC[C@H](O)CNCc1cc(Cl)c(O[C@H]2CCc3c(-c4ccccc4)cccc32)cc1OCc1cncc(C#N)c1. The van der Waals surface area contributed by atoms with Gasteiger partial charge in [0.1, 0.15) is 30.3 Å². The number of aromatic nitrogens is 1. The van der Waals surface area contributed by atoms with Crippen LogP contribution in [0.5, 0.6) is 11.5 Å². The number of hydrogen-bond donors (Lipinski definition) is 2. The van der Waals surface area contributed by atoms with Gasteiger partial charge in [0, 0.05) is 42.7 Å². The van der Waals surface area contributed by atoms with Crippen molar-refractivity contribution in [2.45, 2.75) is 51.5 Å². The second-order valence-electron chi connectivity index (χ2n) is 9.95. The number of nitriles is 1. The van der Waals surface area contributed by atoms with Crippen molar-refractivity contribution in [1.29, 1.82) is 5.26 Å². The third-order valence-electron chi connectivity index (χ3n) is 7.17. The van der Waals surface area contributed by atoms with Gasteiger partial charge in [0.15, 0.2) is 0 Å². The smallest absolute Gasteiger partial charge is 0.142 e. The van der Waals surface area contributed by atoms with Gasteiger partial charge >= 0.3 is 0 Å². The molecule has 3 aromatic carbocycles. The molecular formula is C33H32ClN3O3. The van der Waals surface area contributed by atoms with Crippen LogP contribution >= 0.6 is 11.6 Å². The highest BCUT2D eigenvalue weighted by Gasteiger charge is 2.27. The first-order chi connectivity index (χ1) is 19.6. The highest BCUT2D eigenvalue weighted by atomic mass is 35.5. The summed E-state index contributed by atoms with van der Waals surface area (Å²) in [4.78, 5) is 4.13. The van der Waals surface area contributed by atoms with Crippen molar-refractivity contribution in [3.8, 4) is 28.7 Å². The summed E-state index contributed by atoms with van der Waals surface area (Å²) in [5, 5.41) is 23.0. The molecule has 0 radical (unpaired) electrons. The fraction of sp³-hybridized carbons (Fsp3) is 0.273. The van der Waals surface area contributed by atoms with Crippen LogP contribution in [0.3, 0.4) is 0 Å². The topological polar surface area (TPSA) is 87.4 Å². The fourth-order valence-corrected chi connectivity index (χ4v) is 5.26. The Balaban J connectivity index is 1.39. The number of aliphatic hydroxyl groups is 1. The molecule has 4 aromatic rings. The van der Waals surface area contributed by atoms with Crippen molar-refractivity contribution >= 4 is 11.6 Å². The van der Waals surface area contributed by atoms with Crippen LogP contribution in [0, 0.1) is 11.3 Å². The Bertz CT molecular complexity index is 1500. The lowest BCUT2D eigenvalue weighted by Crippen LogP contribution is -2.25. The Morgan fingerprint density at radius 2 is 1.95 bits per heavy atom. The van der Waals surface area contributed by atoms with Crippen LogP contribution in [0.4, 0.5) is 0 Å². The summed E-state index contributed by atoms with van der Waals surface area (Å²) >= 11 is 6.76. The third kappa shape index (κ3) is 6.46. The first-order valence-corrected chi connectivity index (χ1v) is 14.0. The van der Waals surface area contributed by atoms with E-state index in [1.807, 2.05) is 25.1 Å². The van der Waals surface area contributed by atoms with E-state index in [0.717, 1.165) is 24.0 Å². The van der Waals surface area contributed by atoms with Crippen molar-refractivity contribution < 1.29 is 14.6 Å². The standard InChI is InChI=1S/C33H32ClN3O3/c1-2-26(38)20-37-19-25-14-30(34)33(15-32(25)39-21-23-13-22(16-35)17-36-18-23)40-31-12-11-28-27(9-6-10-29(28)31)24-7-4-3-5-8-24/h3-10,13-15,17-18,26,31,37-38H,2,11-12,19-21H2,1H3/t26-,31-/m0/s1. The van der Waals surface area contributed by atoms with Crippen LogP contribution in [0.1, 0.15) is 53.7 Å². The van der Waals surface area contributed by atoms with E-state index >= 15 is 0 Å². The highest BCUT2D eigenvalue weighted by Crippen LogP contribution is 2.42. The molecule has 0 fully saturated rings. The lowest BCUT2D eigenvalue weighted by Gasteiger charge is -2.20. The number of fused-ring (bicyclic) bond motifs is 1. The third-order valence-corrected chi connectivity index (χ3v) is 7.47. The van der Waals surface area contributed by atoms with E-state index in [1.165, 1.54) is 28.5 Å². The summed E-state index contributed by atoms with van der Waals surface area (Å²) < 4.78 is 12.8. The molecule has 40 heavy (non-hydrogen) atoms. The molecule has 204 valence electrons. The average Bonchev–Trinajstić information content (AvgIpc) is 3.41. The minimum atomic E-state index is -0.426. The van der Waals surface area contributed by atoms with E-state index < -0.39 is 6.10 Å². The molecule has 5 rings (SSSR count). The van der Waals surface area contributed by atoms with Crippen LogP contribution < -0.4 is 14.8 Å². The summed E-state index contributed by atoms with van der Waals surface area (Å²) in [5.41, 5.74) is 7.05. The lowest BCUT2D eigenvalue weighted by molar-refractivity contribution is 0.167. The number of benzene rings is 3. The molecule has 0 bridgehead atoms. The zero-order valence-corrected chi connectivity index (χ0v) is 23.2. The first-order valence-electron chi connectivity index (χ1n) is 13.6. The van der Waals surface area contributed by atoms with E-state index in [0.29, 0.717) is 41.6 Å². The number of nitrogens with one attached hydrogen (secondary N) is 1. The second-order valence-corrected chi connectivity index (χ2v) is 10.4. The Hall–Kier alpha value is -3.89. The molecule has 0 saturated carbocycles.